The average Bonchev–Trinajstić information content (AvgIpc) is 3.26. The largest absolute Gasteiger partial charge is 0.497 e. The van der Waals surface area contributed by atoms with E-state index in [-0.39, 0.29) is 11.8 Å². The summed E-state index contributed by atoms with van der Waals surface area (Å²) in [4.78, 5) is 26.4. The van der Waals surface area contributed by atoms with Gasteiger partial charge in [-0.25, -0.2) is 9.97 Å². The third-order valence-corrected chi connectivity index (χ3v) is 5.77. The lowest BCUT2D eigenvalue weighted by Gasteiger charge is -2.15. The number of rotatable bonds is 8. The maximum atomic E-state index is 13.0. The number of carbonyl (C=O) groups excluding carboxylic acids is 1. The second kappa shape index (κ2) is 9.00. The Balaban J connectivity index is 1.55. The molecule has 1 N–H and O–H groups in total. The average molecular weight is 419 g/mol. The van der Waals surface area contributed by atoms with Crippen molar-refractivity contribution < 1.29 is 9.53 Å². The van der Waals surface area contributed by atoms with Crippen LogP contribution in [0.2, 0.25) is 0 Å². The number of ether oxygens (including phenoxy) is 1. The van der Waals surface area contributed by atoms with Crippen LogP contribution in [0.5, 0.6) is 5.75 Å². The van der Waals surface area contributed by atoms with Crippen LogP contribution in [0.25, 0.3) is 10.2 Å². The Morgan fingerprint density at radius 2 is 1.97 bits per heavy atom. The fourth-order valence-corrected chi connectivity index (χ4v) is 4.03. The number of methoxy groups -OCH3 is 1. The predicted molar refractivity (Wildman–Crippen MR) is 119 cm³/mol. The number of Topliss-reactive ketones (excluding diaryl/α,β-unsaturated/α-hetero) is 1. The van der Waals surface area contributed by atoms with E-state index in [0.717, 1.165) is 27.2 Å². The molecule has 4 rings (SSSR count). The van der Waals surface area contributed by atoms with Crippen LogP contribution in [0, 0.1) is 0 Å². The monoisotopic (exact) mass is 418 g/mol. The van der Waals surface area contributed by atoms with Crippen molar-refractivity contribution >= 4 is 33.3 Å². The van der Waals surface area contributed by atoms with Gasteiger partial charge in [0.05, 0.1) is 23.4 Å². The third-order valence-electron chi connectivity index (χ3n) is 4.86. The minimum absolute atomic E-state index is 0.00402. The molecule has 0 radical (unpaired) electrons. The second-order valence-corrected chi connectivity index (χ2v) is 7.83. The number of thiophene rings is 1. The SMILES string of the molecule is COc1ccc([C@H](C)Nc2nc(C(=O)CCc3ccccn3)c3sccc3n2)cc1. The van der Waals surface area contributed by atoms with Gasteiger partial charge in [0.15, 0.2) is 5.78 Å². The molecule has 0 aliphatic heterocycles. The van der Waals surface area contributed by atoms with E-state index >= 15 is 0 Å². The minimum Gasteiger partial charge on any atom is -0.497 e. The van der Waals surface area contributed by atoms with Gasteiger partial charge in [-0.3, -0.25) is 9.78 Å². The standard InChI is InChI=1S/C23H22N4O2S/c1-15(16-6-9-18(29-2)10-7-16)25-23-26-19-12-14-30-22(19)21(27-23)20(28)11-8-17-5-3-4-13-24-17/h3-7,9-10,12-15H,8,11H2,1-2H3,(H,25,26,27)/t15-/m0/s1. The van der Waals surface area contributed by atoms with Crippen molar-refractivity contribution in [3.63, 3.8) is 0 Å². The predicted octanol–water partition coefficient (Wildman–Crippen LogP) is 5.08. The maximum absolute atomic E-state index is 13.0. The van der Waals surface area contributed by atoms with Crippen LogP contribution in [0.15, 0.2) is 60.1 Å². The highest BCUT2D eigenvalue weighted by Gasteiger charge is 2.17. The molecular formula is C23H22N4O2S. The van der Waals surface area contributed by atoms with Gasteiger partial charge in [0.2, 0.25) is 5.95 Å². The normalized spacial score (nSPS) is 11.9. The van der Waals surface area contributed by atoms with E-state index in [1.807, 2.05) is 60.8 Å². The number of carbonyl (C=O) groups is 1. The van der Waals surface area contributed by atoms with Gasteiger partial charge in [0, 0.05) is 18.3 Å². The van der Waals surface area contributed by atoms with Crippen LogP contribution in [-0.4, -0.2) is 27.8 Å². The summed E-state index contributed by atoms with van der Waals surface area (Å²) in [5.41, 5.74) is 3.22. The van der Waals surface area contributed by atoms with Gasteiger partial charge >= 0.3 is 0 Å². The molecule has 4 aromatic rings. The van der Waals surface area contributed by atoms with Crippen LogP contribution in [0.4, 0.5) is 5.95 Å². The molecule has 0 bridgehead atoms. The topological polar surface area (TPSA) is 77.0 Å². The van der Waals surface area contributed by atoms with Crippen molar-refractivity contribution in [3.05, 3.63) is 77.1 Å². The summed E-state index contributed by atoms with van der Waals surface area (Å²) < 4.78 is 6.04. The zero-order valence-electron chi connectivity index (χ0n) is 16.8. The van der Waals surface area contributed by atoms with Crippen molar-refractivity contribution in [3.8, 4) is 5.75 Å². The summed E-state index contributed by atoms with van der Waals surface area (Å²) in [5, 5.41) is 5.26. The number of fused-ring (bicyclic) bond motifs is 1. The summed E-state index contributed by atoms with van der Waals surface area (Å²) >= 11 is 1.49. The van der Waals surface area contributed by atoms with Gasteiger partial charge in [0.25, 0.3) is 0 Å². The molecule has 0 saturated heterocycles. The molecule has 0 aliphatic rings. The molecule has 3 aromatic heterocycles. The van der Waals surface area contributed by atoms with Crippen LogP contribution in [0.1, 0.15) is 41.1 Å². The second-order valence-electron chi connectivity index (χ2n) is 6.91. The van der Waals surface area contributed by atoms with Gasteiger partial charge in [-0.15, -0.1) is 11.3 Å². The smallest absolute Gasteiger partial charge is 0.224 e. The van der Waals surface area contributed by atoms with Crippen molar-refractivity contribution in [2.45, 2.75) is 25.8 Å². The molecule has 0 amide bonds. The minimum atomic E-state index is -0.0246. The number of aromatic nitrogens is 3. The number of aryl methyl sites for hydroxylation is 1. The quantitative estimate of drug-likeness (QED) is 0.402. The fourth-order valence-electron chi connectivity index (χ4n) is 3.19. The Morgan fingerprint density at radius 3 is 2.70 bits per heavy atom. The summed E-state index contributed by atoms with van der Waals surface area (Å²) in [6.07, 6.45) is 2.68. The lowest BCUT2D eigenvalue weighted by Crippen LogP contribution is -2.12. The highest BCUT2D eigenvalue weighted by atomic mass is 32.1. The zero-order chi connectivity index (χ0) is 20.9. The number of pyridine rings is 1. The van der Waals surface area contributed by atoms with Gasteiger partial charge in [-0.1, -0.05) is 18.2 Å². The number of hydrogen-bond donors (Lipinski definition) is 1. The van der Waals surface area contributed by atoms with E-state index in [9.17, 15) is 4.79 Å². The van der Waals surface area contributed by atoms with E-state index in [0.29, 0.717) is 24.5 Å². The summed E-state index contributed by atoms with van der Waals surface area (Å²) in [6, 6.07) is 15.5. The van der Waals surface area contributed by atoms with E-state index in [4.69, 9.17) is 4.74 Å². The first-order valence-corrected chi connectivity index (χ1v) is 10.6. The number of anilines is 1. The van der Waals surface area contributed by atoms with E-state index in [1.54, 1.807) is 13.3 Å². The fraction of sp³-hybridized carbons (Fsp3) is 0.217. The highest BCUT2D eigenvalue weighted by molar-refractivity contribution is 7.17. The lowest BCUT2D eigenvalue weighted by molar-refractivity contribution is 0.0979. The summed E-state index contributed by atoms with van der Waals surface area (Å²) in [6.45, 7) is 2.03. The van der Waals surface area contributed by atoms with Gasteiger partial charge in [-0.2, -0.15) is 0 Å². The molecule has 0 aliphatic carbocycles. The Morgan fingerprint density at radius 1 is 1.13 bits per heavy atom. The van der Waals surface area contributed by atoms with Crippen molar-refractivity contribution in [2.24, 2.45) is 0 Å². The van der Waals surface area contributed by atoms with Crippen molar-refractivity contribution in [1.29, 1.82) is 0 Å². The van der Waals surface area contributed by atoms with Crippen LogP contribution in [-0.2, 0) is 6.42 Å². The van der Waals surface area contributed by atoms with E-state index in [2.05, 4.69) is 20.3 Å². The Hall–Kier alpha value is -3.32. The Labute approximate surface area is 179 Å². The van der Waals surface area contributed by atoms with Crippen molar-refractivity contribution in [2.75, 3.05) is 12.4 Å². The van der Waals surface area contributed by atoms with Crippen LogP contribution in [0.3, 0.4) is 0 Å². The molecule has 30 heavy (non-hydrogen) atoms. The Kier molecular flexibility index (Phi) is 5.99. The number of benzene rings is 1. The zero-order valence-corrected chi connectivity index (χ0v) is 17.6. The Bertz CT molecular complexity index is 1140. The van der Waals surface area contributed by atoms with Crippen LogP contribution >= 0.6 is 11.3 Å². The molecule has 152 valence electrons. The van der Waals surface area contributed by atoms with Crippen LogP contribution < -0.4 is 10.1 Å². The molecule has 0 unspecified atom stereocenters. The molecule has 0 fully saturated rings. The first kappa shape index (κ1) is 20.0. The number of ketones is 1. The third kappa shape index (κ3) is 4.46. The summed E-state index contributed by atoms with van der Waals surface area (Å²) in [5.74, 6) is 1.25. The van der Waals surface area contributed by atoms with Gasteiger partial charge in [0.1, 0.15) is 11.4 Å². The first-order chi connectivity index (χ1) is 14.6. The number of hydrogen-bond acceptors (Lipinski definition) is 7. The molecule has 0 spiro atoms. The van der Waals surface area contributed by atoms with Gasteiger partial charge < -0.3 is 10.1 Å². The first-order valence-electron chi connectivity index (χ1n) is 9.73. The molecule has 3 heterocycles. The van der Waals surface area contributed by atoms with Gasteiger partial charge in [-0.05, 0) is 54.6 Å². The highest BCUT2D eigenvalue weighted by Crippen LogP contribution is 2.27. The maximum Gasteiger partial charge on any atom is 0.224 e. The van der Waals surface area contributed by atoms with E-state index < -0.39 is 0 Å². The molecular weight excluding hydrogens is 396 g/mol. The number of nitrogens with one attached hydrogen (secondary N) is 1. The summed E-state index contributed by atoms with van der Waals surface area (Å²) in [7, 11) is 1.65. The number of nitrogens with zero attached hydrogens (tertiary/aromatic N) is 3. The molecule has 1 aromatic carbocycles. The lowest BCUT2D eigenvalue weighted by atomic mass is 10.1. The molecule has 6 nitrogen and oxygen atoms in total. The van der Waals surface area contributed by atoms with E-state index in [1.165, 1.54) is 11.3 Å². The molecule has 7 heteroatoms. The van der Waals surface area contributed by atoms with Crippen molar-refractivity contribution in [1.82, 2.24) is 15.0 Å². The molecule has 1 atom stereocenters. The molecule has 0 saturated carbocycles.